The van der Waals surface area contributed by atoms with Crippen LogP contribution in [0.4, 0.5) is 11.4 Å². The number of aliphatic imine (C=N–C) groups is 1. The van der Waals surface area contributed by atoms with Crippen molar-refractivity contribution in [3.63, 3.8) is 0 Å². The second-order valence-corrected chi connectivity index (χ2v) is 8.19. The Hall–Kier alpha value is -3.88. The number of likely N-dealkylation sites (N-methyl/N-ethyl adjacent to an activating group) is 1. The average molecular weight is 450 g/mol. The number of fused-ring (bicyclic) bond motifs is 2. The summed E-state index contributed by atoms with van der Waals surface area (Å²) in [5.41, 5.74) is 2.50. The molecule has 0 bridgehead atoms. The van der Waals surface area contributed by atoms with Crippen LogP contribution in [0, 0.1) is 0 Å². The molecule has 0 radical (unpaired) electrons. The van der Waals surface area contributed by atoms with Gasteiger partial charge in [0.15, 0.2) is 0 Å². The minimum atomic E-state index is -0.141. The number of rotatable bonds is 8. The van der Waals surface area contributed by atoms with Gasteiger partial charge in [0.2, 0.25) is 23.7 Å². The summed E-state index contributed by atoms with van der Waals surface area (Å²) in [6, 6.07) is 14.8. The van der Waals surface area contributed by atoms with Gasteiger partial charge in [0, 0.05) is 38.3 Å². The van der Waals surface area contributed by atoms with Crippen LogP contribution in [-0.4, -0.2) is 67.3 Å². The molecular formula is C24H27N5O4. The highest BCUT2D eigenvalue weighted by molar-refractivity contribution is 6.05. The van der Waals surface area contributed by atoms with Crippen LogP contribution in [0.2, 0.25) is 0 Å². The van der Waals surface area contributed by atoms with Crippen molar-refractivity contribution in [1.29, 1.82) is 0 Å². The van der Waals surface area contributed by atoms with Gasteiger partial charge in [0.05, 0.1) is 12.3 Å². The molecule has 1 fully saturated rings. The maximum Gasteiger partial charge on any atom is 0.246 e. The summed E-state index contributed by atoms with van der Waals surface area (Å²) < 4.78 is 5.86. The van der Waals surface area contributed by atoms with E-state index in [9.17, 15) is 14.4 Å². The Balaban J connectivity index is 1.32. The Morgan fingerprint density at radius 1 is 1.09 bits per heavy atom. The quantitative estimate of drug-likeness (QED) is 0.622. The van der Waals surface area contributed by atoms with E-state index in [4.69, 9.17) is 4.74 Å². The van der Waals surface area contributed by atoms with E-state index in [1.54, 1.807) is 14.1 Å². The standard InChI is InChI=1S/C24H27N5O4/c1-27(2)23(32)16-29(18-7-4-3-5-8-18)22(31)9-6-12-33-19-10-11-20-17(13-19)14-28-15-21(30)26-24(28)25-20/h3-5,7-8,10-11,13H,6,9,12,14-16H2,1-2H3,(H,25,26,30). The van der Waals surface area contributed by atoms with E-state index < -0.39 is 0 Å². The van der Waals surface area contributed by atoms with Crippen molar-refractivity contribution in [2.75, 3.05) is 38.7 Å². The highest BCUT2D eigenvalue weighted by Gasteiger charge is 2.29. The highest BCUT2D eigenvalue weighted by Crippen LogP contribution is 2.30. The number of benzene rings is 2. The fourth-order valence-electron chi connectivity index (χ4n) is 3.68. The van der Waals surface area contributed by atoms with Gasteiger partial charge in [-0.2, -0.15) is 0 Å². The lowest BCUT2D eigenvalue weighted by Crippen LogP contribution is -2.40. The third-order valence-electron chi connectivity index (χ3n) is 5.49. The van der Waals surface area contributed by atoms with Crippen molar-refractivity contribution >= 4 is 35.1 Å². The van der Waals surface area contributed by atoms with Gasteiger partial charge in [0.25, 0.3) is 0 Å². The number of nitrogens with one attached hydrogen (secondary N) is 1. The molecule has 1 N–H and O–H groups in total. The first kappa shape index (κ1) is 22.3. The van der Waals surface area contributed by atoms with Gasteiger partial charge in [0.1, 0.15) is 18.8 Å². The zero-order valence-electron chi connectivity index (χ0n) is 18.8. The molecule has 2 aliphatic heterocycles. The summed E-state index contributed by atoms with van der Waals surface area (Å²) in [5.74, 6) is 0.965. The molecule has 2 aliphatic rings. The number of carbonyl (C=O) groups excluding carboxylic acids is 3. The maximum absolute atomic E-state index is 12.9. The number of amides is 3. The summed E-state index contributed by atoms with van der Waals surface area (Å²) in [6.45, 7) is 1.26. The van der Waals surface area contributed by atoms with Gasteiger partial charge < -0.3 is 19.4 Å². The maximum atomic E-state index is 12.9. The molecule has 0 aromatic heterocycles. The van der Waals surface area contributed by atoms with Crippen LogP contribution in [0.15, 0.2) is 53.5 Å². The Morgan fingerprint density at radius 2 is 1.88 bits per heavy atom. The van der Waals surface area contributed by atoms with Crippen molar-refractivity contribution in [2.45, 2.75) is 19.4 Å². The number of guanidine groups is 1. The van der Waals surface area contributed by atoms with Crippen LogP contribution in [-0.2, 0) is 20.9 Å². The molecule has 0 atom stereocenters. The predicted octanol–water partition coefficient (Wildman–Crippen LogP) is 1.90. The molecule has 2 aromatic carbocycles. The second kappa shape index (κ2) is 9.72. The zero-order chi connectivity index (χ0) is 23.4. The molecule has 0 saturated carbocycles. The first-order chi connectivity index (χ1) is 15.9. The summed E-state index contributed by atoms with van der Waals surface area (Å²) >= 11 is 0. The van der Waals surface area contributed by atoms with E-state index in [2.05, 4.69) is 10.3 Å². The Bertz CT molecular complexity index is 1080. The van der Waals surface area contributed by atoms with Crippen LogP contribution < -0.4 is 15.0 Å². The van der Waals surface area contributed by atoms with Crippen LogP contribution in [0.5, 0.6) is 5.75 Å². The van der Waals surface area contributed by atoms with Gasteiger partial charge in [-0.05, 0) is 36.8 Å². The number of hydrogen-bond acceptors (Lipinski definition) is 6. The summed E-state index contributed by atoms with van der Waals surface area (Å²) in [7, 11) is 3.35. The molecule has 3 amide bonds. The third kappa shape index (κ3) is 5.31. The normalized spacial score (nSPS) is 14.1. The summed E-state index contributed by atoms with van der Waals surface area (Å²) in [5, 5.41) is 2.75. The Kier molecular flexibility index (Phi) is 6.58. The minimum Gasteiger partial charge on any atom is -0.494 e. The van der Waals surface area contributed by atoms with Crippen LogP contribution >= 0.6 is 0 Å². The Labute approximate surface area is 192 Å². The number of ether oxygens (including phenoxy) is 1. The van der Waals surface area contributed by atoms with Crippen molar-refractivity contribution < 1.29 is 19.1 Å². The number of para-hydroxylation sites is 1. The lowest BCUT2D eigenvalue weighted by atomic mass is 10.1. The average Bonchev–Trinajstić information content (AvgIpc) is 3.17. The van der Waals surface area contributed by atoms with E-state index in [1.165, 1.54) is 9.80 Å². The molecular weight excluding hydrogens is 422 g/mol. The van der Waals surface area contributed by atoms with E-state index in [0.717, 1.165) is 11.3 Å². The number of anilines is 1. The van der Waals surface area contributed by atoms with E-state index in [1.807, 2.05) is 53.4 Å². The van der Waals surface area contributed by atoms with E-state index in [-0.39, 0.29) is 30.7 Å². The minimum absolute atomic E-state index is 0.00209. The largest absolute Gasteiger partial charge is 0.494 e. The molecule has 4 rings (SSSR count). The van der Waals surface area contributed by atoms with Gasteiger partial charge in [-0.25, -0.2) is 4.99 Å². The fourth-order valence-corrected chi connectivity index (χ4v) is 3.68. The number of nitrogens with zero attached hydrogens (tertiary/aromatic N) is 4. The van der Waals surface area contributed by atoms with E-state index >= 15 is 0 Å². The van der Waals surface area contributed by atoms with Crippen molar-refractivity contribution in [3.8, 4) is 5.75 Å². The number of hydrogen-bond donors (Lipinski definition) is 1. The molecule has 9 heteroatoms. The lowest BCUT2D eigenvalue weighted by Gasteiger charge is -2.24. The van der Waals surface area contributed by atoms with Crippen LogP contribution in [0.1, 0.15) is 18.4 Å². The summed E-state index contributed by atoms with van der Waals surface area (Å²) in [4.78, 5) is 46.0. The van der Waals surface area contributed by atoms with E-state index in [0.29, 0.717) is 43.5 Å². The fraction of sp³-hybridized carbons (Fsp3) is 0.333. The molecule has 2 heterocycles. The predicted molar refractivity (Wildman–Crippen MR) is 124 cm³/mol. The van der Waals surface area contributed by atoms with Crippen molar-refractivity contribution in [3.05, 3.63) is 54.1 Å². The molecule has 172 valence electrons. The lowest BCUT2D eigenvalue weighted by molar-refractivity contribution is -0.129. The summed E-state index contributed by atoms with van der Waals surface area (Å²) in [6.07, 6.45) is 0.776. The van der Waals surface area contributed by atoms with Crippen LogP contribution in [0.25, 0.3) is 0 Å². The SMILES string of the molecule is CN(C)C(=O)CN(C(=O)CCCOc1ccc2c(c1)CN1CC(=O)NC1=N2)c1ccccc1. The smallest absolute Gasteiger partial charge is 0.246 e. The second-order valence-electron chi connectivity index (χ2n) is 8.19. The van der Waals surface area contributed by atoms with Gasteiger partial charge in [-0.1, -0.05) is 18.2 Å². The van der Waals surface area contributed by atoms with Gasteiger partial charge >= 0.3 is 0 Å². The van der Waals surface area contributed by atoms with Crippen molar-refractivity contribution in [2.24, 2.45) is 4.99 Å². The molecule has 0 aliphatic carbocycles. The molecule has 1 saturated heterocycles. The number of carbonyl (C=O) groups is 3. The molecule has 2 aromatic rings. The third-order valence-corrected chi connectivity index (χ3v) is 5.49. The monoisotopic (exact) mass is 449 g/mol. The molecule has 9 nitrogen and oxygen atoms in total. The topological polar surface area (TPSA) is 94.6 Å². The Morgan fingerprint density at radius 3 is 2.64 bits per heavy atom. The first-order valence-corrected chi connectivity index (χ1v) is 10.9. The van der Waals surface area contributed by atoms with Gasteiger partial charge in [-0.15, -0.1) is 0 Å². The molecule has 0 spiro atoms. The molecule has 0 unspecified atom stereocenters. The zero-order valence-corrected chi connectivity index (χ0v) is 18.8. The molecule has 33 heavy (non-hydrogen) atoms. The first-order valence-electron chi connectivity index (χ1n) is 10.9. The van der Waals surface area contributed by atoms with Crippen molar-refractivity contribution in [1.82, 2.24) is 15.1 Å². The van der Waals surface area contributed by atoms with Gasteiger partial charge in [-0.3, -0.25) is 19.7 Å². The highest BCUT2D eigenvalue weighted by atomic mass is 16.5. The van der Waals surface area contributed by atoms with Crippen LogP contribution in [0.3, 0.4) is 0 Å².